The number of rotatable bonds is 5. The lowest BCUT2D eigenvalue weighted by Gasteiger charge is -2.11. The molecule has 0 aliphatic heterocycles. The number of benzene rings is 2. The summed E-state index contributed by atoms with van der Waals surface area (Å²) in [5.74, 6) is 0.933. The number of halogens is 2. The van der Waals surface area contributed by atoms with E-state index < -0.39 is 0 Å². The first-order valence-corrected chi connectivity index (χ1v) is 8.45. The Hall–Kier alpha value is -2.76. The van der Waals surface area contributed by atoms with E-state index in [9.17, 15) is 4.79 Å². The second kappa shape index (κ2) is 8.08. The number of amides is 1. The zero-order valence-electron chi connectivity index (χ0n) is 13.8. The highest BCUT2D eigenvalue weighted by atomic mass is 35.5. The number of para-hydroxylation sites is 3. The van der Waals surface area contributed by atoms with Gasteiger partial charge in [0.05, 0.1) is 34.1 Å². The molecule has 26 heavy (non-hydrogen) atoms. The quantitative estimate of drug-likeness (QED) is 0.615. The molecule has 3 rings (SSSR count). The highest BCUT2D eigenvalue weighted by molar-refractivity contribution is 6.40. The molecule has 0 spiro atoms. The van der Waals surface area contributed by atoms with Crippen molar-refractivity contribution in [2.24, 2.45) is 0 Å². The van der Waals surface area contributed by atoms with Crippen molar-refractivity contribution < 1.29 is 9.53 Å². The Morgan fingerprint density at radius 2 is 1.73 bits per heavy atom. The first kappa shape index (κ1) is 18.0. The molecule has 0 saturated heterocycles. The van der Waals surface area contributed by atoms with Crippen LogP contribution in [0.3, 0.4) is 0 Å². The second-order valence-electron chi connectivity index (χ2n) is 5.31. The Morgan fingerprint density at radius 3 is 2.38 bits per heavy atom. The van der Waals surface area contributed by atoms with Crippen molar-refractivity contribution in [2.75, 3.05) is 17.7 Å². The number of carbonyl (C=O) groups excluding carboxylic acids is 1. The number of ether oxygens (including phenoxy) is 1. The van der Waals surface area contributed by atoms with E-state index >= 15 is 0 Å². The third kappa shape index (κ3) is 4.07. The maximum atomic E-state index is 12.4. The van der Waals surface area contributed by atoms with Gasteiger partial charge in [-0.15, -0.1) is 0 Å². The molecular formula is C19H15Cl2N3O2. The minimum Gasteiger partial charge on any atom is -0.495 e. The van der Waals surface area contributed by atoms with Crippen molar-refractivity contribution in [3.63, 3.8) is 0 Å². The number of hydrogen-bond acceptors (Lipinski definition) is 4. The van der Waals surface area contributed by atoms with E-state index in [4.69, 9.17) is 27.9 Å². The van der Waals surface area contributed by atoms with Gasteiger partial charge in [-0.3, -0.25) is 4.79 Å². The van der Waals surface area contributed by atoms with Gasteiger partial charge >= 0.3 is 0 Å². The van der Waals surface area contributed by atoms with Crippen molar-refractivity contribution in [2.45, 2.75) is 0 Å². The van der Waals surface area contributed by atoms with Crippen LogP contribution in [0.15, 0.2) is 60.8 Å². The average molecular weight is 388 g/mol. The number of nitrogens with one attached hydrogen (secondary N) is 2. The first-order chi connectivity index (χ1) is 12.6. The van der Waals surface area contributed by atoms with E-state index in [1.54, 1.807) is 37.4 Å². The number of nitrogens with zero attached hydrogens (tertiary/aromatic N) is 1. The van der Waals surface area contributed by atoms with Crippen molar-refractivity contribution in [3.8, 4) is 5.75 Å². The van der Waals surface area contributed by atoms with Gasteiger partial charge in [0.1, 0.15) is 11.6 Å². The Kier molecular flexibility index (Phi) is 5.61. The van der Waals surface area contributed by atoms with E-state index in [0.29, 0.717) is 32.9 Å². The van der Waals surface area contributed by atoms with Crippen LogP contribution in [0.2, 0.25) is 10.0 Å². The lowest BCUT2D eigenvalue weighted by Crippen LogP contribution is -2.13. The minimum absolute atomic E-state index is 0.351. The van der Waals surface area contributed by atoms with Crippen LogP contribution in [0.1, 0.15) is 10.4 Å². The van der Waals surface area contributed by atoms with Gasteiger partial charge < -0.3 is 15.4 Å². The van der Waals surface area contributed by atoms with Crippen LogP contribution in [-0.2, 0) is 0 Å². The molecule has 5 nitrogen and oxygen atoms in total. The number of hydrogen-bond donors (Lipinski definition) is 2. The monoisotopic (exact) mass is 387 g/mol. The molecule has 3 aromatic rings. The second-order valence-corrected chi connectivity index (χ2v) is 6.12. The van der Waals surface area contributed by atoms with E-state index in [1.807, 2.05) is 24.3 Å². The van der Waals surface area contributed by atoms with Crippen LogP contribution in [0.5, 0.6) is 5.75 Å². The van der Waals surface area contributed by atoms with Crippen LogP contribution in [-0.4, -0.2) is 18.0 Å². The van der Waals surface area contributed by atoms with Gasteiger partial charge in [0.15, 0.2) is 0 Å². The van der Waals surface area contributed by atoms with Gasteiger partial charge in [0.2, 0.25) is 0 Å². The third-order valence-electron chi connectivity index (χ3n) is 3.60. The predicted octanol–water partition coefficient (Wildman–Crippen LogP) is 5.39. The van der Waals surface area contributed by atoms with Crippen LogP contribution >= 0.6 is 23.2 Å². The van der Waals surface area contributed by atoms with Crippen molar-refractivity contribution in [1.82, 2.24) is 4.98 Å². The van der Waals surface area contributed by atoms with Crippen LogP contribution in [0.25, 0.3) is 0 Å². The largest absolute Gasteiger partial charge is 0.495 e. The average Bonchev–Trinajstić information content (AvgIpc) is 2.66. The van der Waals surface area contributed by atoms with E-state index in [1.165, 1.54) is 6.20 Å². The Labute approximate surface area is 160 Å². The number of pyridine rings is 1. The third-order valence-corrected chi connectivity index (χ3v) is 4.23. The molecule has 7 heteroatoms. The van der Waals surface area contributed by atoms with E-state index in [0.717, 1.165) is 5.69 Å². The molecule has 1 aromatic heterocycles. The molecule has 0 bridgehead atoms. The summed E-state index contributed by atoms with van der Waals surface area (Å²) in [4.78, 5) is 16.6. The number of anilines is 3. The summed E-state index contributed by atoms with van der Waals surface area (Å²) in [5.41, 5.74) is 1.53. The molecular weight excluding hydrogens is 373 g/mol. The summed E-state index contributed by atoms with van der Waals surface area (Å²) in [6.45, 7) is 0. The molecule has 132 valence electrons. The maximum absolute atomic E-state index is 12.4. The van der Waals surface area contributed by atoms with Gasteiger partial charge in [-0.25, -0.2) is 4.98 Å². The number of carbonyl (C=O) groups is 1. The molecule has 0 aliphatic carbocycles. The normalized spacial score (nSPS) is 10.3. The van der Waals surface area contributed by atoms with Crippen molar-refractivity contribution >= 4 is 46.3 Å². The SMILES string of the molecule is COc1ccccc1Nc1ccc(C(=O)Nc2c(Cl)cccc2Cl)cn1. The highest BCUT2D eigenvalue weighted by Gasteiger charge is 2.12. The smallest absolute Gasteiger partial charge is 0.257 e. The van der Waals surface area contributed by atoms with Gasteiger partial charge in [-0.2, -0.15) is 0 Å². The Bertz CT molecular complexity index is 910. The lowest BCUT2D eigenvalue weighted by atomic mass is 10.2. The standard InChI is InChI=1S/C19H15Cl2N3O2/c1-26-16-8-3-2-7-15(16)23-17-10-9-12(11-22-17)19(25)24-18-13(20)5-4-6-14(18)21/h2-11H,1H3,(H,22,23)(H,24,25). The molecule has 0 unspecified atom stereocenters. The van der Waals surface area contributed by atoms with Gasteiger partial charge in [-0.05, 0) is 36.4 Å². The van der Waals surface area contributed by atoms with E-state index in [2.05, 4.69) is 15.6 Å². The highest BCUT2D eigenvalue weighted by Crippen LogP contribution is 2.30. The minimum atomic E-state index is -0.351. The van der Waals surface area contributed by atoms with Crippen LogP contribution in [0.4, 0.5) is 17.2 Å². The molecule has 0 fully saturated rings. The summed E-state index contributed by atoms with van der Waals surface area (Å²) < 4.78 is 5.29. The zero-order valence-corrected chi connectivity index (χ0v) is 15.3. The van der Waals surface area contributed by atoms with Gasteiger partial charge in [0.25, 0.3) is 5.91 Å². The van der Waals surface area contributed by atoms with Crippen molar-refractivity contribution in [3.05, 3.63) is 76.4 Å². The van der Waals surface area contributed by atoms with Crippen molar-refractivity contribution in [1.29, 1.82) is 0 Å². The van der Waals surface area contributed by atoms with Crippen LogP contribution < -0.4 is 15.4 Å². The summed E-state index contributed by atoms with van der Waals surface area (Å²) in [6.07, 6.45) is 1.47. The molecule has 0 radical (unpaired) electrons. The zero-order chi connectivity index (χ0) is 18.5. The van der Waals surface area contributed by atoms with Gasteiger partial charge in [-0.1, -0.05) is 41.4 Å². The molecule has 0 saturated carbocycles. The Morgan fingerprint density at radius 1 is 1.00 bits per heavy atom. The Balaban J connectivity index is 1.74. The molecule has 2 aromatic carbocycles. The summed E-state index contributed by atoms with van der Waals surface area (Å²) in [5, 5.41) is 6.58. The molecule has 0 atom stereocenters. The maximum Gasteiger partial charge on any atom is 0.257 e. The molecule has 1 heterocycles. The molecule has 1 amide bonds. The fourth-order valence-electron chi connectivity index (χ4n) is 2.29. The topological polar surface area (TPSA) is 63.2 Å². The van der Waals surface area contributed by atoms with E-state index in [-0.39, 0.29) is 5.91 Å². The van der Waals surface area contributed by atoms with Gasteiger partial charge in [0, 0.05) is 6.20 Å². The van der Waals surface area contributed by atoms with Crippen LogP contribution in [0, 0.1) is 0 Å². The fraction of sp³-hybridized carbons (Fsp3) is 0.0526. The molecule has 2 N–H and O–H groups in total. The fourth-order valence-corrected chi connectivity index (χ4v) is 2.78. The number of aromatic nitrogens is 1. The predicted molar refractivity (Wildman–Crippen MR) is 105 cm³/mol. The summed E-state index contributed by atoms with van der Waals surface area (Å²) >= 11 is 12.1. The lowest BCUT2D eigenvalue weighted by molar-refractivity contribution is 0.102. The summed E-state index contributed by atoms with van der Waals surface area (Å²) in [7, 11) is 1.60. The summed E-state index contributed by atoms with van der Waals surface area (Å²) in [6, 6.07) is 15.9. The molecule has 0 aliphatic rings. The number of methoxy groups -OCH3 is 1. The first-order valence-electron chi connectivity index (χ1n) is 7.70.